The van der Waals surface area contributed by atoms with Crippen LogP contribution in [0.3, 0.4) is 0 Å². The van der Waals surface area contributed by atoms with Crippen molar-refractivity contribution in [1.82, 2.24) is 9.80 Å². The summed E-state index contributed by atoms with van der Waals surface area (Å²) in [6, 6.07) is 11.3. The molecule has 0 bridgehead atoms. The number of rotatable bonds is 4. The van der Waals surface area contributed by atoms with Gasteiger partial charge in [-0.05, 0) is 17.7 Å². The summed E-state index contributed by atoms with van der Waals surface area (Å²) in [5, 5.41) is 9.62. The summed E-state index contributed by atoms with van der Waals surface area (Å²) in [6.45, 7) is 1.78. The van der Waals surface area contributed by atoms with Crippen molar-refractivity contribution in [1.29, 1.82) is 0 Å². The first-order valence-electron chi connectivity index (χ1n) is 9.81. The number of ether oxygens (including phenoxy) is 1. The normalized spacial score (nSPS) is 21.1. The van der Waals surface area contributed by atoms with E-state index < -0.39 is 35.3 Å². The van der Waals surface area contributed by atoms with Crippen LogP contribution in [0.1, 0.15) is 28.8 Å². The Kier molecular flexibility index (Phi) is 5.53. The third-order valence-electron chi connectivity index (χ3n) is 5.76. The zero-order chi connectivity index (χ0) is 21.3. The summed E-state index contributed by atoms with van der Waals surface area (Å²) < 4.78 is 33.2. The number of aliphatic carboxylic acids is 1. The molecule has 1 atom stereocenters. The molecule has 8 heteroatoms. The van der Waals surface area contributed by atoms with E-state index in [-0.39, 0.29) is 12.2 Å². The van der Waals surface area contributed by atoms with Gasteiger partial charge in [-0.2, -0.15) is 0 Å². The Morgan fingerprint density at radius 3 is 2.30 bits per heavy atom. The van der Waals surface area contributed by atoms with E-state index in [0.29, 0.717) is 32.0 Å². The highest BCUT2D eigenvalue weighted by atomic mass is 19.1. The molecule has 2 aromatic carbocycles. The molecule has 2 saturated heterocycles. The first kappa shape index (κ1) is 20.4. The Bertz CT molecular complexity index is 925. The number of nitrogens with zero attached hydrogens (tertiary/aromatic N) is 2. The van der Waals surface area contributed by atoms with Gasteiger partial charge in [0.15, 0.2) is 6.04 Å². The van der Waals surface area contributed by atoms with Gasteiger partial charge in [0.05, 0.1) is 6.61 Å². The van der Waals surface area contributed by atoms with Crippen molar-refractivity contribution >= 4 is 11.9 Å². The van der Waals surface area contributed by atoms with E-state index in [4.69, 9.17) is 4.74 Å². The first-order chi connectivity index (χ1) is 14.4. The summed E-state index contributed by atoms with van der Waals surface area (Å²) in [5.74, 6) is -3.73. The van der Waals surface area contributed by atoms with Crippen molar-refractivity contribution in [3.05, 3.63) is 71.3 Å². The summed E-state index contributed by atoms with van der Waals surface area (Å²) in [7, 11) is 0. The molecule has 2 aromatic rings. The minimum absolute atomic E-state index is 0.155. The minimum Gasteiger partial charge on any atom is -0.480 e. The van der Waals surface area contributed by atoms with Crippen LogP contribution in [-0.2, 0) is 16.1 Å². The SMILES string of the molecule is O=C(O)[C@@H]1COC2(CCN(Cc3ccccc3)CC2)N1C(=O)c1cc(F)cc(F)c1. The van der Waals surface area contributed by atoms with Crippen LogP contribution in [-0.4, -0.2) is 58.2 Å². The second kappa shape index (κ2) is 8.12. The number of carbonyl (C=O) groups excluding carboxylic acids is 1. The molecule has 1 amide bonds. The molecule has 2 fully saturated rings. The second-order valence-corrected chi connectivity index (χ2v) is 7.71. The Morgan fingerprint density at radius 2 is 1.70 bits per heavy atom. The molecular formula is C22H22F2N2O4. The molecule has 30 heavy (non-hydrogen) atoms. The highest BCUT2D eigenvalue weighted by Gasteiger charge is 2.54. The summed E-state index contributed by atoms with van der Waals surface area (Å²) in [4.78, 5) is 28.3. The molecule has 4 rings (SSSR count). The Hall–Kier alpha value is -2.84. The molecule has 6 nitrogen and oxygen atoms in total. The largest absolute Gasteiger partial charge is 0.480 e. The monoisotopic (exact) mass is 416 g/mol. The zero-order valence-electron chi connectivity index (χ0n) is 16.3. The van der Waals surface area contributed by atoms with Gasteiger partial charge in [-0.1, -0.05) is 30.3 Å². The molecule has 1 spiro atoms. The average Bonchev–Trinajstić information content (AvgIpc) is 3.08. The zero-order valence-corrected chi connectivity index (χ0v) is 16.3. The molecule has 0 aromatic heterocycles. The maximum absolute atomic E-state index is 13.7. The van der Waals surface area contributed by atoms with Gasteiger partial charge in [0.25, 0.3) is 5.91 Å². The van der Waals surface area contributed by atoms with Gasteiger partial charge >= 0.3 is 5.97 Å². The van der Waals surface area contributed by atoms with E-state index in [1.165, 1.54) is 4.90 Å². The van der Waals surface area contributed by atoms with Crippen LogP contribution >= 0.6 is 0 Å². The lowest BCUT2D eigenvalue weighted by molar-refractivity contribution is -0.144. The quantitative estimate of drug-likeness (QED) is 0.830. The van der Waals surface area contributed by atoms with Crippen molar-refractivity contribution in [2.24, 2.45) is 0 Å². The number of carbonyl (C=O) groups is 2. The van der Waals surface area contributed by atoms with E-state index in [0.717, 1.165) is 24.2 Å². The highest BCUT2D eigenvalue weighted by molar-refractivity contribution is 5.97. The molecule has 2 heterocycles. The number of carboxylic acid groups (broad SMARTS) is 1. The number of carboxylic acids is 1. The molecule has 0 saturated carbocycles. The predicted molar refractivity (Wildman–Crippen MR) is 104 cm³/mol. The third-order valence-corrected chi connectivity index (χ3v) is 5.76. The topological polar surface area (TPSA) is 70.1 Å². The van der Waals surface area contributed by atoms with Crippen molar-refractivity contribution < 1.29 is 28.2 Å². The first-order valence-corrected chi connectivity index (χ1v) is 9.81. The molecule has 158 valence electrons. The van der Waals surface area contributed by atoms with Crippen LogP contribution in [0.4, 0.5) is 8.78 Å². The maximum Gasteiger partial charge on any atom is 0.328 e. The molecule has 2 aliphatic heterocycles. The smallest absolute Gasteiger partial charge is 0.328 e. The van der Waals surface area contributed by atoms with Crippen LogP contribution in [0.25, 0.3) is 0 Å². The van der Waals surface area contributed by atoms with Crippen molar-refractivity contribution in [3.8, 4) is 0 Å². The number of benzene rings is 2. The van der Waals surface area contributed by atoms with Gasteiger partial charge in [0.2, 0.25) is 0 Å². The predicted octanol–water partition coefficient (Wildman–Crippen LogP) is 2.88. The fourth-order valence-corrected chi connectivity index (χ4v) is 4.27. The fourth-order valence-electron chi connectivity index (χ4n) is 4.27. The maximum atomic E-state index is 13.7. The van der Waals surface area contributed by atoms with E-state index >= 15 is 0 Å². The second-order valence-electron chi connectivity index (χ2n) is 7.71. The summed E-state index contributed by atoms with van der Waals surface area (Å²) in [5.41, 5.74) is -0.168. The average molecular weight is 416 g/mol. The molecule has 2 aliphatic rings. The number of piperidine rings is 1. The molecule has 1 N–H and O–H groups in total. The van der Waals surface area contributed by atoms with Gasteiger partial charge in [-0.3, -0.25) is 14.6 Å². The number of hydrogen-bond donors (Lipinski definition) is 1. The molecule has 0 aliphatic carbocycles. The van der Waals surface area contributed by atoms with Gasteiger partial charge in [0, 0.05) is 44.1 Å². The molecule has 0 radical (unpaired) electrons. The number of likely N-dealkylation sites (tertiary alicyclic amines) is 1. The fraction of sp³-hybridized carbons (Fsp3) is 0.364. The van der Waals surface area contributed by atoms with Gasteiger partial charge < -0.3 is 9.84 Å². The van der Waals surface area contributed by atoms with Crippen molar-refractivity contribution in [2.75, 3.05) is 19.7 Å². The number of amides is 1. The third kappa shape index (κ3) is 3.93. The highest BCUT2D eigenvalue weighted by Crippen LogP contribution is 2.38. The van der Waals surface area contributed by atoms with Gasteiger partial charge in [0.1, 0.15) is 17.4 Å². The van der Waals surface area contributed by atoms with Crippen LogP contribution in [0, 0.1) is 11.6 Å². The van der Waals surface area contributed by atoms with Crippen molar-refractivity contribution in [3.63, 3.8) is 0 Å². The van der Waals surface area contributed by atoms with Crippen molar-refractivity contribution in [2.45, 2.75) is 31.2 Å². The summed E-state index contributed by atoms with van der Waals surface area (Å²) in [6.07, 6.45) is 0.820. The van der Waals surface area contributed by atoms with Crippen LogP contribution in [0.5, 0.6) is 0 Å². The number of halogens is 2. The molecule has 0 unspecified atom stereocenters. The lowest BCUT2D eigenvalue weighted by Crippen LogP contribution is -2.58. The van der Waals surface area contributed by atoms with E-state index in [2.05, 4.69) is 4.90 Å². The standard InChI is InChI=1S/C22H22F2N2O4/c23-17-10-16(11-18(24)12-17)20(27)26-19(21(28)29)14-30-22(26)6-8-25(9-7-22)13-15-4-2-1-3-5-15/h1-5,10-12,19H,6-9,13-14H2,(H,28,29)/t19-/m0/s1. The van der Waals surface area contributed by atoms with Crippen LogP contribution < -0.4 is 0 Å². The Balaban J connectivity index is 1.56. The summed E-state index contributed by atoms with van der Waals surface area (Å²) >= 11 is 0. The molecular weight excluding hydrogens is 394 g/mol. The van der Waals surface area contributed by atoms with Crippen LogP contribution in [0.15, 0.2) is 48.5 Å². The van der Waals surface area contributed by atoms with E-state index in [1.54, 1.807) is 0 Å². The lowest BCUT2D eigenvalue weighted by Gasteiger charge is -2.44. The van der Waals surface area contributed by atoms with Gasteiger partial charge in [-0.25, -0.2) is 13.6 Å². The Morgan fingerprint density at radius 1 is 1.07 bits per heavy atom. The number of hydrogen-bond acceptors (Lipinski definition) is 4. The Labute approximate surface area is 172 Å². The van der Waals surface area contributed by atoms with E-state index in [9.17, 15) is 23.5 Å². The van der Waals surface area contributed by atoms with E-state index in [1.807, 2.05) is 30.3 Å². The van der Waals surface area contributed by atoms with Crippen LogP contribution in [0.2, 0.25) is 0 Å². The van der Waals surface area contributed by atoms with Gasteiger partial charge in [-0.15, -0.1) is 0 Å². The minimum atomic E-state index is -1.20. The lowest BCUT2D eigenvalue weighted by atomic mass is 9.96.